The summed E-state index contributed by atoms with van der Waals surface area (Å²) >= 11 is 0. The molecule has 6 atom stereocenters. The van der Waals surface area contributed by atoms with Gasteiger partial charge in [0, 0.05) is 5.92 Å². The molecule has 3 aromatic rings. The van der Waals surface area contributed by atoms with Gasteiger partial charge < -0.3 is 14.6 Å². The van der Waals surface area contributed by atoms with Crippen LogP contribution >= 0.6 is 0 Å². The van der Waals surface area contributed by atoms with Crippen molar-refractivity contribution in [1.29, 1.82) is 0 Å². The van der Waals surface area contributed by atoms with Crippen LogP contribution in [0.4, 0.5) is 0 Å². The van der Waals surface area contributed by atoms with Crippen molar-refractivity contribution in [2.75, 3.05) is 0 Å². The van der Waals surface area contributed by atoms with Gasteiger partial charge in [-0.3, -0.25) is 0 Å². The van der Waals surface area contributed by atoms with Gasteiger partial charge in [0.25, 0.3) is 0 Å². The molecule has 1 N–H and O–H groups in total. The number of aliphatic hydroxyl groups excluding tert-OH is 1. The molecule has 2 fully saturated rings. The Morgan fingerprint density at radius 1 is 0.857 bits per heavy atom. The average Bonchev–Trinajstić information content (AvgIpc) is 3.22. The zero-order valence-corrected chi connectivity index (χ0v) is 20.6. The highest BCUT2D eigenvalue weighted by molar-refractivity contribution is 5.41. The van der Waals surface area contributed by atoms with E-state index in [1.54, 1.807) is 0 Å². The van der Waals surface area contributed by atoms with Crippen molar-refractivity contribution in [1.82, 2.24) is 0 Å². The summed E-state index contributed by atoms with van der Waals surface area (Å²) in [5.41, 5.74) is 5.15. The SMILES string of the molecule is C[C@]12C[C@H](O)[C@@H]3c4ccc(OCc5ccccc5)cc4CC[C@H]3[C@@H]1CC[C@@H]2OCc1ccccc1. The first-order valence-corrected chi connectivity index (χ1v) is 13.2. The van der Waals surface area contributed by atoms with Crippen molar-refractivity contribution < 1.29 is 14.6 Å². The van der Waals surface area contributed by atoms with Gasteiger partial charge in [-0.15, -0.1) is 0 Å². The molecule has 2 saturated carbocycles. The van der Waals surface area contributed by atoms with Crippen molar-refractivity contribution in [3.05, 3.63) is 101 Å². The Kier molecular flexibility index (Phi) is 6.16. The Bertz CT molecular complexity index is 1140. The summed E-state index contributed by atoms with van der Waals surface area (Å²) in [7, 11) is 0. The van der Waals surface area contributed by atoms with Gasteiger partial charge in [-0.1, -0.05) is 73.7 Å². The van der Waals surface area contributed by atoms with Crippen LogP contribution in [0.1, 0.15) is 60.8 Å². The fourth-order valence-corrected chi connectivity index (χ4v) is 7.47. The monoisotopic (exact) mass is 468 g/mol. The minimum atomic E-state index is -0.322. The van der Waals surface area contributed by atoms with Gasteiger partial charge in [0.1, 0.15) is 12.4 Å². The Morgan fingerprint density at radius 3 is 2.31 bits per heavy atom. The van der Waals surface area contributed by atoms with E-state index in [0.29, 0.717) is 25.0 Å². The number of ether oxygens (including phenoxy) is 2. The lowest BCUT2D eigenvalue weighted by Crippen LogP contribution is -2.50. The molecule has 3 heteroatoms. The molecule has 3 aliphatic rings. The number of aliphatic hydroxyl groups is 1. The highest BCUT2D eigenvalue weighted by atomic mass is 16.5. The highest BCUT2D eigenvalue weighted by Crippen LogP contribution is 2.61. The molecule has 182 valence electrons. The van der Waals surface area contributed by atoms with E-state index in [2.05, 4.69) is 61.5 Å². The maximum atomic E-state index is 11.5. The van der Waals surface area contributed by atoms with Crippen LogP contribution in [-0.2, 0) is 24.4 Å². The molecule has 3 nitrogen and oxygen atoms in total. The van der Waals surface area contributed by atoms with Crippen LogP contribution in [0.5, 0.6) is 5.75 Å². The summed E-state index contributed by atoms with van der Waals surface area (Å²) in [4.78, 5) is 0. The summed E-state index contributed by atoms with van der Waals surface area (Å²) in [5, 5.41) is 11.5. The normalized spacial score (nSPS) is 31.3. The lowest BCUT2D eigenvalue weighted by molar-refractivity contribution is -0.106. The molecule has 0 unspecified atom stereocenters. The summed E-state index contributed by atoms with van der Waals surface area (Å²) in [6.07, 6.45) is 5.23. The van der Waals surface area contributed by atoms with Crippen molar-refractivity contribution in [3.63, 3.8) is 0 Å². The molecule has 0 spiro atoms. The minimum absolute atomic E-state index is 0.0472. The summed E-state index contributed by atoms with van der Waals surface area (Å²) in [6, 6.07) is 27.3. The van der Waals surface area contributed by atoms with E-state index in [1.807, 2.05) is 24.3 Å². The Balaban J connectivity index is 1.17. The van der Waals surface area contributed by atoms with E-state index >= 15 is 0 Å². The zero-order chi connectivity index (χ0) is 23.8. The molecule has 6 rings (SSSR count). The Labute approximate surface area is 209 Å². The molecule has 0 aromatic heterocycles. The van der Waals surface area contributed by atoms with Crippen LogP contribution in [0, 0.1) is 17.3 Å². The smallest absolute Gasteiger partial charge is 0.120 e. The first kappa shape index (κ1) is 22.8. The van der Waals surface area contributed by atoms with E-state index in [1.165, 1.54) is 28.7 Å². The summed E-state index contributed by atoms with van der Waals surface area (Å²) in [6.45, 7) is 3.63. The first-order chi connectivity index (χ1) is 17.1. The topological polar surface area (TPSA) is 38.7 Å². The van der Waals surface area contributed by atoms with Gasteiger partial charge in [-0.05, 0) is 83.7 Å². The average molecular weight is 469 g/mol. The fourth-order valence-electron chi connectivity index (χ4n) is 7.47. The Hall–Kier alpha value is -2.62. The van der Waals surface area contributed by atoms with E-state index in [9.17, 15) is 5.11 Å². The number of benzene rings is 3. The fraction of sp³-hybridized carbons (Fsp3) is 0.438. The molecule has 35 heavy (non-hydrogen) atoms. The van der Waals surface area contributed by atoms with Crippen LogP contribution < -0.4 is 4.74 Å². The second kappa shape index (κ2) is 9.44. The Morgan fingerprint density at radius 2 is 1.57 bits per heavy atom. The predicted octanol–water partition coefficient (Wildman–Crippen LogP) is 6.68. The van der Waals surface area contributed by atoms with E-state index in [-0.39, 0.29) is 23.5 Å². The molecule has 0 saturated heterocycles. The zero-order valence-electron chi connectivity index (χ0n) is 20.6. The molecular weight excluding hydrogens is 432 g/mol. The lowest BCUT2D eigenvalue weighted by atomic mass is 9.54. The number of fused-ring (bicyclic) bond motifs is 5. The van der Waals surface area contributed by atoms with Crippen molar-refractivity contribution in [3.8, 4) is 5.75 Å². The van der Waals surface area contributed by atoms with Gasteiger partial charge in [0.05, 0.1) is 18.8 Å². The summed E-state index contributed by atoms with van der Waals surface area (Å²) < 4.78 is 12.6. The van der Waals surface area contributed by atoms with Crippen LogP contribution in [0.3, 0.4) is 0 Å². The minimum Gasteiger partial charge on any atom is -0.489 e. The van der Waals surface area contributed by atoms with Crippen LogP contribution in [0.15, 0.2) is 78.9 Å². The number of hydrogen-bond acceptors (Lipinski definition) is 3. The molecule has 3 aromatic carbocycles. The summed E-state index contributed by atoms with van der Waals surface area (Å²) in [5.74, 6) is 2.29. The quantitative estimate of drug-likeness (QED) is 0.439. The third-order valence-corrected chi connectivity index (χ3v) is 9.13. The largest absolute Gasteiger partial charge is 0.489 e. The van der Waals surface area contributed by atoms with Crippen molar-refractivity contribution >= 4 is 0 Å². The molecular formula is C32H36O3. The predicted molar refractivity (Wildman–Crippen MR) is 138 cm³/mol. The molecule has 0 heterocycles. The maximum Gasteiger partial charge on any atom is 0.120 e. The van der Waals surface area contributed by atoms with E-state index in [4.69, 9.17) is 9.47 Å². The van der Waals surface area contributed by atoms with Crippen LogP contribution in [0.25, 0.3) is 0 Å². The van der Waals surface area contributed by atoms with E-state index < -0.39 is 0 Å². The van der Waals surface area contributed by atoms with Crippen molar-refractivity contribution in [2.24, 2.45) is 17.3 Å². The first-order valence-electron chi connectivity index (χ1n) is 13.2. The third-order valence-electron chi connectivity index (χ3n) is 9.13. The van der Waals surface area contributed by atoms with Crippen LogP contribution in [0.2, 0.25) is 0 Å². The molecule has 3 aliphatic carbocycles. The van der Waals surface area contributed by atoms with Gasteiger partial charge in [-0.25, -0.2) is 0 Å². The molecule has 0 aliphatic heterocycles. The maximum absolute atomic E-state index is 11.5. The van der Waals surface area contributed by atoms with Crippen molar-refractivity contribution in [2.45, 2.75) is 70.4 Å². The van der Waals surface area contributed by atoms with Gasteiger partial charge >= 0.3 is 0 Å². The number of aryl methyl sites for hydroxylation is 1. The second-order valence-corrected chi connectivity index (χ2v) is 11.1. The number of rotatable bonds is 6. The third kappa shape index (κ3) is 4.30. The van der Waals surface area contributed by atoms with Gasteiger partial charge in [-0.2, -0.15) is 0 Å². The highest BCUT2D eigenvalue weighted by Gasteiger charge is 2.58. The molecule has 0 amide bonds. The van der Waals surface area contributed by atoms with Crippen LogP contribution in [-0.4, -0.2) is 17.3 Å². The van der Waals surface area contributed by atoms with E-state index in [0.717, 1.165) is 31.4 Å². The number of hydrogen-bond donors (Lipinski definition) is 1. The van der Waals surface area contributed by atoms with Gasteiger partial charge in [0.2, 0.25) is 0 Å². The van der Waals surface area contributed by atoms with Gasteiger partial charge in [0.15, 0.2) is 0 Å². The second-order valence-electron chi connectivity index (χ2n) is 11.1. The molecule has 0 bridgehead atoms. The lowest BCUT2D eigenvalue weighted by Gasteiger charge is -2.52. The standard InChI is InChI=1S/C32H36O3/c1-32-19-29(33)31-26-15-13-25(34-20-22-8-4-2-5-9-22)18-24(26)12-14-27(31)28(32)16-17-30(32)35-21-23-10-6-3-7-11-23/h2-11,13,15,18,27-31,33H,12,14,16-17,19-21H2,1H3/t27-,28-,29-,30-,31+,32-/m0/s1. The molecule has 0 radical (unpaired) electrons.